The van der Waals surface area contributed by atoms with Gasteiger partial charge in [-0.2, -0.15) is 8.42 Å². The molecule has 0 spiro atoms. The first-order chi connectivity index (χ1) is 12.3. The third-order valence-electron chi connectivity index (χ3n) is 5.06. The number of nitrogens with zero attached hydrogens (tertiary/aromatic N) is 2. The first-order valence-electron chi connectivity index (χ1n) is 8.23. The number of aromatic nitrogens is 2. The lowest BCUT2D eigenvalue weighted by Gasteiger charge is -2.03. The Hall–Kier alpha value is -2.51. The van der Waals surface area contributed by atoms with Crippen molar-refractivity contribution in [2.45, 2.75) is 30.7 Å². The van der Waals surface area contributed by atoms with E-state index in [1.165, 1.54) is 12.3 Å². The van der Waals surface area contributed by atoms with Crippen LogP contribution in [-0.2, 0) is 10.1 Å². The molecule has 0 amide bonds. The lowest BCUT2D eigenvalue weighted by atomic mass is 10.1. The van der Waals surface area contributed by atoms with Gasteiger partial charge in [-0.3, -0.25) is 4.55 Å². The Labute approximate surface area is 151 Å². The number of hydrogen-bond acceptors (Lipinski definition) is 5. The van der Waals surface area contributed by atoms with Gasteiger partial charge in [0.1, 0.15) is 0 Å². The van der Waals surface area contributed by atoms with Crippen molar-refractivity contribution in [2.24, 2.45) is 5.41 Å². The second-order valence-corrected chi connectivity index (χ2v) is 8.48. The molecule has 134 valence electrons. The molecule has 1 N–H and O–H groups in total. The van der Waals surface area contributed by atoms with Gasteiger partial charge in [-0.1, -0.05) is 50.2 Å². The molecular formula is C19H18N2O4S. The molecule has 26 heavy (non-hydrogen) atoms. The molecule has 3 aromatic rings. The topological polar surface area (TPSA) is 93.3 Å². The summed E-state index contributed by atoms with van der Waals surface area (Å²) in [4.78, 5) is 8.33. The summed E-state index contributed by atoms with van der Waals surface area (Å²) in [6, 6.07) is 12.8. The van der Waals surface area contributed by atoms with E-state index < -0.39 is 10.1 Å². The second-order valence-electron chi connectivity index (χ2n) is 7.11. The standard InChI is InChI=1S/C19H18N2O4S/c1-19(2)16(13-8-9-15(20-10-13)26(22,23)24)17(19)18-21-11-14(25-18)12-6-4-3-5-7-12/h3-11,16-17H,1-2H3,(H,22,23,24)/t16-,17+/m0/s1. The molecule has 1 saturated carbocycles. The molecule has 1 aliphatic rings. The van der Waals surface area contributed by atoms with Crippen LogP contribution in [0.3, 0.4) is 0 Å². The summed E-state index contributed by atoms with van der Waals surface area (Å²) < 4.78 is 37.4. The molecule has 0 aliphatic heterocycles. The molecule has 4 rings (SSSR count). The molecule has 0 saturated heterocycles. The van der Waals surface area contributed by atoms with Crippen molar-refractivity contribution in [1.82, 2.24) is 9.97 Å². The molecule has 1 aromatic carbocycles. The van der Waals surface area contributed by atoms with Crippen molar-refractivity contribution in [2.75, 3.05) is 0 Å². The number of hydrogen-bond donors (Lipinski definition) is 1. The van der Waals surface area contributed by atoms with Crippen LogP contribution in [0.4, 0.5) is 0 Å². The summed E-state index contributed by atoms with van der Waals surface area (Å²) in [5.74, 6) is 1.59. The van der Waals surface area contributed by atoms with E-state index in [9.17, 15) is 8.42 Å². The second kappa shape index (κ2) is 5.75. The van der Waals surface area contributed by atoms with Crippen LogP contribution >= 0.6 is 0 Å². The van der Waals surface area contributed by atoms with Gasteiger partial charge < -0.3 is 4.42 Å². The highest BCUT2D eigenvalue weighted by molar-refractivity contribution is 7.85. The molecule has 2 heterocycles. The van der Waals surface area contributed by atoms with Gasteiger partial charge in [0.05, 0.1) is 6.20 Å². The Kier molecular flexibility index (Phi) is 3.75. The van der Waals surface area contributed by atoms with E-state index in [0.29, 0.717) is 5.89 Å². The average molecular weight is 370 g/mol. The lowest BCUT2D eigenvalue weighted by Crippen LogP contribution is -2.01. The molecule has 2 atom stereocenters. The Morgan fingerprint density at radius 2 is 1.73 bits per heavy atom. The maximum atomic E-state index is 11.1. The van der Waals surface area contributed by atoms with Crippen LogP contribution in [0.15, 0.2) is 64.3 Å². The molecule has 7 heteroatoms. The highest BCUT2D eigenvalue weighted by Crippen LogP contribution is 2.69. The quantitative estimate of drug-likeness (QED) is 0.700. The van der Waals surface area contributed by atoms with Crippen molar-refractivity contribution in [3.63, 3.8) is 0 Å². The fourth-order valence-electron chi connectivity index (χ4n) is 3.62. The number of oxazole rings is 1. The largest absolute Gasteiger partial charge is 0.440 e. The Bertz CT molecular complexity index is 1040. The fourth-order valence-corrected chi connectivity index (χ4v) is 4.04. The third kappa shape index (κ3) is 2.83. The van der Waals surface area contributed by atoms with Gasteiger partial charge in [-0.15, -0.1) is 0 Å². The normalized spacial score (nSPS) is 21.5. The molecule has 6 nitrogen and oxygen atoms in total. The van der Waals surface area contributed by atoms with Gasteiger partial charge in [-0.25, -0.2) is 9.97 Å². The maximum absolute atomic E-state index is 11.1. The first kappa shape index (κ1) is 16.9. The highest BCUT2D eigenvalue weighted by Gasteiger charge is 2.61. The van der Waals surface area contributed by atoms with Gasteiger partial charge in [0.15, 0.2) is 16.7 Å². The van der Waals surface area contributed by atoms with Gasteiger partial charge in [-0.05, 0) is 17.0 Å². The number of rotatable bonds is 4. The smallest absolute Gasteiger partial charge is 0.312 e. The predicted octanol–water partition coefficient (Wildman–Crippen LogP) is 3.89. The van der Waals surface area contributed by atoms with Crippen LogP contribution in [0.5, 0.6) is 0 Å². The van der Waals surface area contributed by atoms with E-state index in [0.717, 1.165) is 16.9 Å². The molecule has 0 radical (unpaired) electrons. The van der Waals surface area contributed by atoms with E-state index in [2.05, 4.69) is 23.8 Å². The van der Waals surface area contributed by atoms with E-state index in [1.807, 2.05) is 30.3 Å². The van der Waals surface area contributed by atoms with Crippen LogP contribution in [0.25, 0.3) is 11.3 Å². The third-order valence-corrected chi connectivity index (χ3v) is 5.83. The van der Waals surface area contributed by atoms with Crippen LogP contribution in [-0.4, -0.2) is 22.9 Å². The van der Waals surface area contributed by atoms with Crippen molar-refractivity contribution in [3.05, 3.63) is 66.3 Å². The van der Waals surface area contributed by atoms with Gasteiger partial charge >= 0.3 is 10.1 Å². The van der Waals surface area contributed by atoms with E-state index in [-0.39, 0.29) is 22.3 Å². The molecule has 0 bridgehead atoms. The zero-order valence-corrected chi connectivity index (χ0v) is 15.1. The van der Waals surface area contributed by atoms with Crippen molar-refractivity contribution in [1.29, 1.82) is 0 Å². The summed E-state index contributed by atoms with van der Waals surface area (Å²) >= 11 is 0. The Morgan fingerprint density at radius 3 is 2.35 bits per heavy atom. The summed E-state index contributed by atoms with van der Waals surface area (Å²) in [7, 11) is -4.29. The van der Waals surface area contributed by atoms with E-state index in [4.69, 9.17) is 8.97 Å². The minimum atomic E-state index is -4.29. The van der Waals surface area contributed by atoms with Crippen molar-refractivity contribution < 1.29 is 17.4 Å². The fraction of sp³-hybridized carbons (Fsp3) is 0.263. The molecule has 2 aromatic heterocycles. The van der Waals surface area contributed by atoms with Crippen LogP contribution in [0.1, 0.15) is 37.1 Å². The summed E-state index contributed by atoms with van der Waals surface area (Å²) in [6.07, 6.45) is 3.23. The van der Waals surface area contributed by atoms with E-state index >= 15 is 0 Å². The molecule has 0 unspecified atom stereocenters. The van der Waals surface area contributed by atoms with Crippen LogP contribution in [0, 0.1) is 5.41 Å². The van der Waals surface area contributed by atoms with Crippen molar-refractivity contribution in [3.8, 4) is 11.3 Å². The molecular weight excluding hydrogens is 352 g/mol. The maximum Gasteiger partial charge on any atom is 0.312 e. The van der Waals surface area contributed by atoms with Gasteiger partial charge in [0.25, 0.3) is 0 Å². The summed E-state index contributed by atoms with van der Waals surface area (Å²) in [6.45, 7) is 4.23. The predicted molar refractivity (Wildman–Crippen MR) is 95.3 cm³/mol. The number of pyridine rings is 1. The molecule has 1 aliphatic carbocycles. The minimum Gasteiger partial charge on any atom is -0.440 e. The summed E-state index contributed by atoms with van der Waals surface area (Å²) in [5.41, 5.74) is 1.78. The van der Waals surface area contributed by atoms with Gasteiger partial charge in [0.2, 0.25) is 0 Å². The SMILES string of the molecule is CC1(C)[C@@H](c2ccc(S(=O)(=O)O)nc2)[C@@H]1c1ncc(-c2ccccc2)o1. The minimum absolute atomic E-state index is 0.0818. The monoisotopic (exact) mass is 370 g/mol. The zero-order chi connectivity index (χ0) is 18.5. The Balaban J connectivity index is 1.62. The van der Waals surface area contributed by atoms with Gasteiger partial charge in [0, 0.05) is 23.6 Å². The van der Waals surface area contributed by atoms with Crippen LogP contribution < -0.4 is 0 Å². The average Bonchev–Trinajstić information content (AvgIpc) is 2.95. The zero-order valence-electron chi connectivity index (χ0n) is 14.3. The van der Waals surface area contributed by atoms with Crippen LogP contribution in [0.2, 0.25) is 0 Å². The van der Waals surface area contributed by atoms with E-state index in [1.54, 1.807) is 12.3 Å². The Morgan fingerprint density at radius 1 is 1.00 bits per heavy atom. The molecule has 1 fully saturated rings. The lowest BCUT2D eigenvalue weighted by molar-refractivity contribution is 0.476. The summed E-state index contributed by atoms with van der Waals surface area (Å²) in [5, 5.41) is -0.348. The first-order valence-corrected chi connectivity index (χ1v) is 9.67. The number of benzene rings is 1. The highest BCUT2D eigenvalue weighted by atomic mass is 32.2. The van der Waals surface area contributed by atoms with Crippen molar-refractivity contribution >= 4 is 10.1 Å².